The Labute approximate surface area is 146 Å². The predicted molar refractivity (Wildman–Crippen MR) is 97.4 cm³/mol. The highest BCUT2D eigenvalue weighted by Crippen LogP contribution is 2.16. The lowest BCUT2D eigenvalue weighted by molar-refractivity contribution is 0.210. The number of rotatable bonds is 8. The van der Waals surface area contributed by atoms with Gasteiger partial charge in [0.25, 0.3) is 0 Å². The Morgan fingerprint density at radius 3 is 2.88 bits per heavy atom. The number of carbonyl (C=O) groups is 1. The molecule has 6 nitrogen and oxygen atoms in total. The number of aryl methyl sites for hydroxylation is 1. The molecule has 3 N–H and O–H groups in total. The van der Waals surface area contributed by atoms with Crippen molar-refractivity contribution in [1.29, 1.82) is 0 Å². The molecule has 0 aliphatic carbocycles. The lowest BCUT2D eigenvalue weighted by Gasteiger charge is -2.15. The number of amides is 2. The molecule has 7 heteroatoms. The molecular weight excluding hydrogens is 324 g/mol. The fraction of sp³-hybridized carbons (Fsp3) is 0.412. The fourth-order valence-corrected chi connectivity index (χ4v) is 2.92. The highest BCUT2D eigenvalue weighted by atomic mass is 32.1. The van der Waals surface area contributed by atoms with Crippen LogP contribution >= 0.6 is 11.3 Å². The minimum absolute atomic E-state index is 0.120. The molecule has 0 unspecified atom stereocenters. The molecule has 2 rings (SSSR count). The number of aromatic nitrogens is 1. The molecule has 24 heavy (non-hydrogen) atoms. The quantitative estimate of drug-likeness (QED) is 0.641. The summed E-state index contributed by atoms with van der Waals surface area (Å²) in [6.07, 6.45) is 0. The van der Waals surface area contributed by atoms with Gasteiger partial charge in [0, 0.05) is 31.3 Å². The minimum atomic E-state index is -0.208. The Kier molecular flexibility index (Phi) is 7.02. The number of hydrogen-bond donors (Lipinski definition) is 3. The highest BCUT2D eigenvalue weighted by molar-refractivity contribution is 7.09. The number of carbonyl (C=O) groups excluding carboxylic acids is 1. The van der Waals surface area contributed by atoms with Crippen LogP contribution in [0.15, 0.2) is 29.6 Å². The Bertz CT molecular complexity index is 660. The van der Waals surface area contributed by atoms with Gasteiger partial charge in [0.2, 0.25) is 0 Å². The van der Waals surface area contributed by atoms with Crippen LogP contribution < -0.4 is 16.0 Å². The summed E-state index contributed by atoms with van der Waals surface area (Å²) in [6.45, 7) is 5.68. The first-order chi connectivity index (χ1) is 11.6. The van der Waals surface area contributed by atoms with Gasteiger partial charge in [0.1, 0.15) is 0 Å². The molecule has 1 heterocycles. The van der Waals surface area contributed by atoms with Crippen molar-refractivity contribution >= 4 is 23.1 Å². The van der Waals surface area contributed by atoms with Crippen molar-refractivity contribution in [3.05, 3.63) is 45.9 Å². The normalized spacial score (nSPS) is 11.8. The first-order valence-electron chi connectivity index (χ1n) is 7.87. The van der Waals surface area contributed by atoms with Crippen LogP contribution in [0.5, 0.6) is 0 Å². The minimum Gasteiger partial charge on any atom is -0.383 e. The molecule has 0 spiro atoms. The average molecular weight is 348 g/mol. The van der Waals surface area contributed by atoms with E-state index in [9.17, 15) is 4.79 Å². The molecule has 2 amide bonds. The van der Waals surface area contributed by atoms with E-state index >= 15 is 0 Å². The first kappa shape index (κ1) is 18.2. The van der Waals surface area contributed by atoms with Gasteiger partial charge in [0.15, 0.2) is 0 Å². The molecule has 0 bridgehead atoms. The SMILES string of the molecule is COCCNc1ccccc1CNC(=O)N[C@@H](C)c1csc(C)n1. The summed E-state index contributed by atoms with van der Waals surface area (Å²) in [4.78, 5) is 16.5. The highest BCUT2D eigenvalue weighted by Gasteiger charge is 2.12. The van der Waals surface area contributed by atoms with Crippen LogP contribution in [0.25, 0.3) is 0 Å². The van der Waals surface area contributed by atoms with Crippen molar-refractivity contribution in [2.45, 2.75) is 26.4 Å². The average Bonchev–Trinajstić information content (AvgIpc) is 3.01. The van der Waals surface area contributed by atoms with Crippen LogP contribution in [0.4, 0.5) is 10.5 Å². The second kappa shape index (κ2) is 9.24. The topological polar surface area (TPSA) is 75.3 Å². The lowest BCUT2D eigenvalue weighted by Crippen LogP contribution is -2.36. The number of anilines is 1. The molecule has 0 aliphatic rings. The van der Waals surface area contributed by atoms with E-state index in [0.29, 0.717) is 13.2 Å². The van der Waals surface area contributed by atoms with Crippen LogP contribution in [-0.2, 0) is 11.3 Å². The Morgan fingerprint density at radius 1 is 1.38 bits per heavy atom. The summed E-state index contributed by atoms with van der Waals surface area (Å²) in [5.74, 6) is 0. The number of urea groups is 1. The van der Waals surface area contributed by atoms with Crippen LogP contribution in [0.3, 0.4) is 0 Å². The predicted octanol–water partition coefficient (Wildman–Crippen LogP) is 3.07. The number of ether oxygens (including phenoxy) is 1. The van der Waals surface area contributed by atoms with Crippen molar-refractivity contribution in [3.8, 4) is 0 Å². The van der Waals surface area contributed by atoms with Crippen molar-refractivity contribution in [3.63, 3.8) is 0 Å². The molecule has 0 radical (unpaired) electrons. The molecule has 0 saturated heterocycles. The van der Waals surface area contributed by atoms with Gasteiger partial charge >= 0.3 is 6.03 Å². The number of nitrogens with one attached hydrogen (secondary N) is 3. The molecule has 0 saturated carbocycles. The van der Waals surface area contributed by atoms with Crippen LogP contribution in [-0.4, -0.2) is 31.3 Å². The number of para-hydroxylation sites is 1. The summed E-state index contributed by atoms with van der Waals surface area (Å²) in [7, 11) is 1.67. The van der Waals surface area contributed by atoms with Crippen LogP contribution in [0.1, 0.15) is 29.2 Å². The third-order valence-electron chi connectivity index (χ3n) is 3.51. The first-order valence-corrected chi connectivity index (χ1v) is 8.75. The Hall–Kier alpha value is -2.12. The number of thiazole rings is 1. The zero-order valence-electron chi connectivity index (χ0n) is 14.3. The third kappa shape index (κ3) is 5.50. The van der Waals surface area contributed by atoms with E-state index in [1.54, 1.807) is 18.4 Å². The maximum Gasteiger partial charge on any atom is 0.315 e. The molecule has 1 aromatic carbocycles. The summed E-state index contributed by atoms with van der Waals surface area (Å²) < 4.78 is 5.04. The number of benzene rings is 1. The molecule has 1 aromatic heterocycles. The summed E-state index contributed by atoms with van der Waals surface area (Å²) >= 11 is 1.58. The van der Waals surface area contributed by atoms with Gasteiger partial charge in [-0.25, -0.2) is 9.78 Å². The van der Waals surface area contributed by atoms with E-state index in [1.165, 1.54) is 0 Å². The van der Waals surface area contributed by atoms with Crippen molar-refractivity contribution in [2.24, 2.45) is 0 Å². The monoisotopic (exact) mass is 348 g/mol. The Morgan fingerprint density at radius 2 is 2.17 bits per heavy atom. The van der Waals surface area contributed by atoms with Gasteiger partial charge in [-0.3, -0.25) is 0 Å². The van der Waals surface area contributed by atoms with Crippen molar-refractivity contribution < 1.29 is 9.53 Å². The van der Waals surface area contributed by atoms with E-state index in [0.717, 1.165) is 28.5 Å². The lowest BCUT2D eigenvalue weighted by atomic mass is 10.1. The molecule has 1 atom stereocenters. The van der Waals surface area contributed by atoms with Gasteiger partial charge in [0.05, 0.1) is 23.4 Å². The molecule has 0 fully saturated rings. The van der Waals surface area contributed by atoms with E-state index in [2.05, 4.69) is 20.9 Å². The van der Waals surface area contributed by atoms with Crippen LogP contribution in [0.2, 0.25) is 0 Å². The third-order valence-corrected chi connectivity index (χ3v) is 4.30. The van der Waals surface area contributed by atoms with Gasteiger partial charge in [-0.15, -0.1) is 11.3 Å². The summed E-state index contributed by atoms with van der Waals surface area (Å²) in [5, 5.41) is 12.1. The Balaban J connectivity index is 1.85. The zero-order chi connectivity index (χ0) is 17.4. The second-order valence-corrected chi connectivity index (χ2v) is 6.48. The molecule has 2 aromatic rings. The van der Waals surface area contributed by atoms with E-state index in [-0.39, 0.29) is 12.1 Å². The van der Waals surface area contributed by atoms with E-state index < -0.39 is 0 Å². The maximum atomic E-state index is 12.1. The number of hydrogen-bond acceptors (Lipinski definition) is 5. The second-order valence-electron chi connectivity index (χ2n) is 5.42. The fourth-order valence-electron chi connectivity index (χ4n) is 2.21. The van der Waals surface area contributed by atoms with E-state index in [1.807, 2.05) is 43.5 Å². The summed E-state index contributed by atoms with van der Waals surface area (Å²) in [6, 6.07) is 7.57. The standard InChI is InChI=1S/C17H24N4O2S/c1-12(16-11-24-13(2)21-16)20-17(22)19-10-14-6-4-5-7-15(14)18-8-9-23-3/h4-7,11-12,18H,8-10H2,1-3H3,(H2,19,20,22)/t12-/m0/s1. The number of methoxy groups -OCH3 is 1. The van der Waals surface area contributed by atoms with Gasteiger partial charge in [-0.2, -0.15) is 0 Å². The van der Waals surface area contributed by atoms with Crippen molar-refractivity contribution in [2.75, 3.05) is 25.6 Å². The van der Waals surface area contributed by atoms with E-state index in [4.69, 9.17) is 4.74 Å². The number of nitrogens with zero attached hydrogens (tertiary/aromatic N) is 1. The zero-order valence-corrected chi connectivity index (χ0v) is 15.1. The van der Waals surface area contributed by atoms with Crippen LogP contribution in [0, 0.1) is 6.92 Å². The van der Waals surface area contributed by atoms with Crippen molar-refractivity contribution in [1.82, 2.24) is 15.6 Å². The largest absolute Gasteiger partial charge is 0.383 e. The van der Waals surface area contributed by atoms with Gasteiger partial charge in [-0.05, 0) is 25.5 Å². The van der Waals surface area contributed by atoms with Gasteiger partial charge < -0.3 is 20.7 Å². The molecule has 130 valence electrons. The smallest absolute Gasteiger partial charge is 0.315 e. The van der Waals surface area contributed by atoms with Gasteiger partial charge in [-0.1, -0.05) is 18.2 Å². The maximum absolute atomic E-state index is 12.1. The molecular formula is C17H24N4O2S. The molecule has 0 aliphatic heterocycles. The summed E-state index contributed by atoms with van der Waals surface area (Å²) in [5.41, 5.74) is 2.91.